The van der Waals surface area contributed by atoms with Gasteiger partial charge in [0.05, 0.1) is 0 Å². The van der Waals surface area contributed by atoms with Crippen LogP contribution >= 0.6 is 0 Å². The lowest BCUT2D eigenvalue weighted by molar-refractivity contribution is -0.139. The minimum atomic E-state index is -0.795. The van der Waals surface area contributed by atoms with Gasteiger partial charge in [-0.2, -0.15) is 0 Å². The molecule has 0 radical (unpaired) electrons. The van der Waals surface area contributed by atoms with Crippen molar-refractivity contribution in [1.29, 1.82) is 0 Å². The Labute approximate surface area is 130 Å². The number of nitrogens with one attached hydrogen (secondary N) is 1. The fraction of sp³-hybridized carbons (Fsp3) is 0.211. The molecule has 2 N–H and O–H groups in total. The van der Waals surface area contributed by atoms with E-state index in [0.717, 1.165) is 29.7 Å². The molecule has 0 saturated carbocycles. The molecular formula is C19H19NO2. The second-order valence-corrected chi connectivity index (χ2v) is 5.50. The molecule has 1 heterocycles. The van der Waals surface area contributed by atoms with Crippen LogP contribution in [-0.4, -0.2) is 23.7 Å². The highest BCUT2D eigenvalue weighted by molar-refractivity contribution is 5.78. The molecule has 0 spiro atoms. The molecule has 3 heteroatoms. The van der Waals surface area contributed by atoms with E-state index in [9.17, 15) is 9.90 Å². The summed E-state index contributed by atoms with van der Waals surface area (Å²) in [6, 6.07) is 17.8. The molecule has 0 fully saturated rings. The summed E-state index contributed by atoms with van der Waals surface area (Å²) in [5.41, 5.74) is 3.06. The molecule has 1 aliphatic heterocycles. The van der Waals surface area contributed by atoms with E-state index >= 15 is 0 Å². The SMILES string of the molecule is O=C(O)[C@H](c1ccc(-c2ccccc2)cc1)[C@@H]1C=CCCN1. The Bertz CT molecular complexity index is 662. The third kappa shape index (κ3) is 3.10. The first kappa shape index (κ1) is 14.5. The van der Waals surface area contributed by atoms with Crippen molar-refractivity contribution in [2.75, 3.05) is 6.54 Å². The van der Waals surface area contributed by atoms with Crippen LogP contribution in [0.2, 0.25) is 0 Å². The van der Waals surface area contributed by atoms with E-state index in [4.69, 9.17) is 0 Å². The summed E-state index contributed by atoms with van der Waals surface area (Å²) in [5.74, 6) is -1.35. The Morgan fingerprint density at radius 3 is 2.32 bits per heavy atom. The number of rotatable bonds is 4. The van der Waals surface area contributed by atoms with Crippen LogP contribution in [0.25, 0.3) is 11.1 Å². The third-order valence-corrected chi connectivity index (χ3v) is 4.04. The molecule has 0 unspecified atom stereocenters. The summed E-state index contributed by atoms with van der Waals surface area (Å²) in [4.78, 5) is 11.7. The highest BCUT2D eigenvalue weighted by Crippen LogP contribution is 2.26. The molecule has 0 aliphatic carbocycles. The van der Waals surface area contributed by atoms with E-state index in [1.54, 1.807) is 0 Å². The molecule has 0 saturated heterocycles. The molecule has 0 aromatic heterocycles. The maximum atomic E-state index is 11.7. The summed E-state index contributed by atoms with van der Waals surface area (Å²) in [6.45, 7) is 0.826. The van der Waals surface area contributed by atoms with E-state index in [2.05, 4.69) is 23.5 Å². The van der Waals surface area contributed by atoms with Crippen molar-refractivity contribution >= 4 is 5.97 Å². The van der Waals surface area contributed by atoms with Crippen molar-refractivity contribution in [3.05, 3.63) is 72.3 Å². The van der Waals surface area contributed by atoms with Crippen molar-refractivity contribution in [3.8, 4) is 11.1 Å². The zero-order chi connectivity index (χ0) is 15.4. The Morgan fingerprint density at radius 1 is 1.05 bits per heavy atom. The number of hydrogen-bond donors (Lipinski definition) is 2. The fourth-order valence-electron chi connectivity index (χ4n) is 2.89. The largest absolute Gasteiger partial charge is 0.481 e. The first-order valence-electron chi connectivity index (χ1n) is 7.54. The van der Waals surface area contributed by atoms with Gasteiger partial charge in [0.1, 0.15) is 5.92 Å². The van der Waals surface area contributed by atoms with Gasteiger partial charge >= 0.3 is 5.97 Å². The van der Waals surface area contributed by atoms with Crippen LogP contribution in [0, 0.1) is 0 Å². The van der Waals surface area contributed by atoms with Gasteiger partial charge in [-0.25, -0.2) is 0 Å². The molecule has 2 atom stereocenters. The minimum absolute atomic E-state index is 0.145. The predicted octanol–water partition coefficient (Wildman–Crippen LogP) is 3.44. The van der Waals surface area contributed by atoms with Gasteiger partial charge in [0, 0.05) is 6.04 Å². The topological polar surface area (TPSA) is 49.3 Å². The van der Waals surface area contributed by atoms with Crippen LogP contribution < -0.4 is 5.32 Å². The molecule has 0 bridgehead atoms. The highest BCUT2D eigenvalue weighted by Gasteiger charge is 2.28. The Morgan fingerprint density at radius 2 is 1.73 bits per heavy atom. The lowest BCUT2D eigenvalue weighted by atomic mass is 9.89. The molecule has 112 valence electrons. The summed E-state index contributed by atoms with van der Waals surface area (Å²) in [7, 11) is 0. The number of carboxylic acid groups (broad SMARTS) is 1. The van der Waals surface area contributed by atoms with Crippen LogP contribution in [0.15, 0.2) is 66.7 Å². The molecule has 22 heavy (non-hydrogen) atoms. The lowest BCUT2D eigenvalue weighted by Gasteiger charge is -2.25. The number of benzene rings is 2. The Balaban J connectivity index is 1.88. The van der Waals surface area contributed by atoms with E-state index in [-0.39, 0.29) is 6.04 Å². The number of aliphatic carboxylic acids is 1. The average Bonchev–Trinajstić information content (AvgIpc) is 2.57. The van der Waals surface area contributed by atoms with Crippen LogP contribution in [0.1, 0.15) is 17.9 Å². The van der Waals surface area contributed by atoms with Gasteiger partial charge in [0.15, 0.2) is 0 Å². The van der Waals surface area contributed by atoms with Crippen molar-refractivity contribution in [3.63, 3.8) is 0 Å². The maximum absolute atomic E-state index is 11.7. The zero-order valence-corrected chi connectivity index (χ0v) is 12.3. The molecule has 1 aliphatic rings. The Kier molecular flexibility index (Phi) is 4.35. The molecule has 2 aromatic rings. The quantitative estimate of drug-likeness (QED) is 0.849. The first-order chi connectivity index (χ1) is 10.8. The van der Waals surface area contributed by atoms with Gasteiger partial charge in [-0.1, -0.05) is 66.7 Å². The number of carbonyl (C=O) groups is 1. The fourth-order valence-corrected chi connectivity index (χ4v) is 2.89. The predicted molar refractivity (Wildman–Crippen MR) is 87.8 cm³/mol. The summed E-state index contributed by atoms with van der Waals surface area (Å²) >= 11 is 0. The van der Waals surface area contributed by atoms with Crippen LogP contribution in [-0.2, 0) is 4.79 Å². The molecular weight excluding hydrogens is 274 g/mol. The minimum Gasteiger partial charge on any atom is -0.481 e. The van der Waals surface area contributed by atoms with Gasteiger partial charge in [0.2, 0.25) is 0 Å². The van der Waals surface area contributed by atoms with E-state index in [1.807, 2.05) is 48.5 Å². The van der Waals surface area contributed by atoms with Crippen molar-refractivity contribution < 1.29 is 9.90 Å². The molecule has 3 rings (SSSR count). The smallest absolute Gasteiger partial charge is 0.312 e. The average molecular weight is 293 g/mol. The molecule has 3 nitrogen and oxygen atoms in total. The van der Waals surface area contributed by atoms with Crippen LogP contribution in [0.3, 0.4) is 0 Å². The van der Waals surface area contributed by atoms with Gasteiger partial charge in [-0.15, -0.1) is 0 Å². The highest BCUT2D eigenvalue weighted by atomic mass is 16.4. The summed E-state index contributed by atoms with van der Waals surface area (Å²) < 4.78 is 0. The van der Waals surface area contributed by atoms with Gasteiger partial charge in [-0.05, 0) is 29.7 Å². The monoisotopic (exact) mass is 293 g/mol. The van der Waals surface area contributed by atoms with Gasteiger partial charge in [0.25, 0.3) is 0 Å². The standard InChI is InChI=1S/C19H19NO2/c21-19(22)18(17-8-4-5-13-20-17)16-11-9-15(10-12-16)14-6-2-1-3-7-14/h1-4,6-12,17-18,20H,5,13H2,(H,21,22)/t17-,18+/m0/s1. The second kappa shape index (κ2) is 6.58. The van der Waals surface area contributed by atoms with E-state index in [0.29, 0.717) is 0 Å². The molecule has 2 aromatic carbocycles. The van der Waals surface area contributed by atoms with E-state index in [1.165, 1.54) is 0 Å². The second-order valence-electron chi connectivity index (χ2n) is 5.50. The van der Waals surface area contributed by atoms with Crippen molar-refractivity contribution in [1.82, 2.24) is 5.32 Å². The van der Waals surface area contributed by atoms with Gasteiger partial charge < -0.3 is 10.4 Å². The number of hydrogen-bond acceptors (Lipinski definition) is 2. The Hall–Kier alpha value is -2.39. The normalized spacial score (nSPS) is 18.8. The van der Waals surface area contributed by atoms with Gasteiger partial charge in [-0.3, -0.25) is 4.79 Å². The number of carboxylic acids is 1. The van der Waals surface area contributed by atoms with Crippen molar-refractivity contribution in [2.45, 2.75) is 18.4 Å². The van der Waals surface area contributed by atoms with Crippen LogP contribution in [0.5, 0.6) is 0 Å². The summed E-state index contributed by atoms with van der Waals surface area (Å²) in [5, 5.41) is 12.9. The summed E-state index contributed by atoms with van der Waals surface area (Å²) in [6.07, 6.45) is 4.97. The van der Waals surface area contributed by atoms with E-state index < -0.39 is 11.9 Å². The molecule has 0 amide bonds. The third-order valence-electron chi connectivity index (χ3n) is 4.04. The van der Waals surface area contributed by atoms with Crippen LogP contribution in [0.4, 0.5) is 0 Å². The first-order valence-corrected chi connectivity index (χ1v) is 7.54. The lowest BCUT2D eigenvalue weighted by Crippen LogP contribution is -2.39. The zero-order valence-electron chi connectivity index (χ0n) is 12.3. The van der Waals surface area contributed by atoms with Crippen molar-refractivity contribution in [2.24, 2.45) is 0 Å². The maximum Gasteiger partial charge on any atom is 0.312 e.